The number of nitrogens with zero attached hydrogens (tertiary/aromatic N) is 2. The summed E-state index contributed by atoms with van der Waals surface area (Å²) in [7, 11) is 0. The molecule has 0 amide bonds. The molecule has 2 N–H and O–H groups in total. The third-order valence-electron chi connectivity index (χ3n) is 2.06. The number of anilines is 1. The van der Waals surface area contributed by atoms with E-state index in [2.05, 4.69) is 14.7 Å². The molecule has 0 saturated heterocycles. The van der Waals surface area contributed by atoms with Crippen molar-refractivity contribution in [1.29, 1.82) is 0 Å². The first kappa shape index (κ1) is 12.6. The Morgan fingerprint density at radius 3 is 2.44 bits per heavy atom. The molecule has 0 aliphatic carbocycles. The van der Waals surface area contributed by atoms with Gasteiger partial charge in [-0.15, -0.1) is 0 Å². The van der Waals surface area contributed by atoms with Crippen LogP contribution in [0.25, 0.3) is 0 Å². The van der Waals surface area contributed by atoms with Crippen molar-refractivity contribution in [2.75, 3.05) is 5.32 Å². The van der Waals surface area contributed by atoms with Crippen LogP contribution in [0, 0.1) is 0 Å². The first-order valence-corrected chi connectivity index (χ1v) is 5.65. The van der Waals surface area contributed by atoms with Crippen LogP contribution in [0.2, 0.25) is 0 Å². The van der Waals surface area contributed by atoms with Crippen LogP contribution in [0.4, 0.5) is 18.3 Å². The van der Waals surface area contributed by atoms with Gasteiger partial charge in [-0.3, -0.25) is 0 Å². The average Bonchev–Trinajstić information content (AvgIpc) is 2.77. The summed E-state index contributed by atoms with van der Waals surface area (Å²) in [6.45, 7) is 0.312. The van der Waals surface area contributed by atoms with E-state index in [1.165, 1.54) is 12.1 Å². The molecule has 0 aliphatic heterocycles. The summed E-state index contributed by atoms with van der Waals surface area (Å²) < 4.78 is 39.9. The van der Waals surface area contributed by atoms with Gasteiger partial charge in [-0.05, 0) is 17.7 Å². The number of halogens is 3. The Labute approximate surface area is 104 Å². The summed E-state index contributed by atoms with van der Waals surface area (Å²) in [6.07, 6.45) is -4.52. The molecule has 2 rings (SSSR count). The Bertz CT molecular complexity index is 524. The van der Waals surface area contributed by atoms with E-state index in [4.69, 9.17) is 5.11 Å². The largest absolute Gasteiger partial charge is 0.508 e. The molecule has 0 unspecified atom stereocenters. The molecule has 96 valence electrons. The van der Waals surface area contributed by atoms with Gasteiger partial charge in [-0.25, -0.2) is 0 Å². The molecule has 1 aromatic carbocycles. The summed E-state index contributed by atoms with van der Waals surface area (Å²) >= 11 is 0.657. The summed E-state index contributed by atoms with van der Waals surface area (Å²) in [5.74, 6) is -1.00. The second kappa shape index (κ2) is 4.81. The van der Waals surface area contributed by atoms with Gasteiger partial charge in [0, 0.05) is 18.1 Å². The predicted octanol–water partition coefficient (Wildman–Crippen LogP) is 2.87. The monoisotopic (exact) mass is 275 g/mol. The first-order valence-electron chi connectivity index (χ1n) is 4.88. The van der Waals surface area contributed by atoms with Gasteiger partial charge < -0.3 is 10.4 Å². The second-order valence-corrected chi connectivity index (χ2v) is 4.19. The van der Waals surface area contributed by atoms with E-state index in [0.717, 1.165) is 5.56 Å². The van der Waals surface area contributed by atoms with Crippen LogP contribution < -0.4 is 5.32 Å². The van der Waals surface area contributed by atoms with Crippen LogP contribution in [-0.2, 0) is 12.7 Å². The molecule has 0 spiro atoms. The molecule has 0 radical (unpaired) electrons. The van der Waals surface area contributed by atoms with Gasteiger partial charge in [0.25, 0.3) is 0 Å². The first-order chi connectivity index (χ1) is 8.45. The molecule has 4 nitrogen and oxygen atoms in total. The van der Waals surface area contributed by atoms with Crippen LogP contribution in [0.15, 0.2) is 24.3 Å². The quantitative estimate of drug-likeness (QED) is 0.904. The van der Waals surface area contributed by atoms with Crippen LogP contribution in [0.3, 0.4) is 0 Å². The standard InChI is InChI=1S/C10H8F3N3OS/c11-10(12,13)8-15-9(18-16-8)14-5-6-1-3-7(17)4-2-6/h1-4,17H,5H2,(H,14,15,16). The van der Waals surface area contributed by atoms with Gasteiger partial charge in [0.15, 0.2) is 0 Å². The fraction of sp³-hybridized carbons (Fsp3) is 0.200. The van der Waals surface area contributed by atoms with E-state index >= 15 is 0 Å². The number of hydrogen-bond acceptors (Lipinski definition) is 5. The molecule has 0 saturated carbocycles. The zero-order chi connectivity index (χ0) is 13.2. The molecule has 1 aromatic heterocycles. The van der Waals surface area contributed by atoms with Gasteiger partial charge in [0.1, 0.15) is 5.75 Å². The van der Waals surface area contributed by atoms with Gasteiger partial charge in [-0.1, -0.05) is 12.1 Å². The third-order valence-corrected chi connectivity index (χ3v) is 2.73. The van der Waals surface area contributed by atoms with Crippen molar-refractivity contribution < 1.29 is 18.3 Å². The fourth-order valence-corrected chi connectivity index (χ4v) is 1.78. The highest BCUT2D eigenvalue weighted by Crippen LogP contribution is 2.29. The molecule has 8 heteroatoms. The van der Waals surface area contributed by atoms with E-state index in [1.54, 1.807) is 12.1 Å². The van der Waals surface area contributed by atoms with Crippen LogP contribution in [0.1, 0.15) is 11.4 Å². The molecule has 0 atom stereocenters. The number of nitrogens with one attached hydrogen (secondary N) is 1. The highest BCUT2D eigenvalue weighted by atomic mass is 32.1. The minimum atomic E-state index is -4.52. The average molecular weight is 275 g/mol. The number of phenolic OH excluding ortho intramolecular Hbond substituents is 1. The van der Waals surface area contributed by atoms with E-state index in [1.807, 2.05) is 0 Å². The summed E-state index contributed by atoms with van der Waals surface area (Å²) in [5.41, 5.74) is 0.816. The van der Waals surface area contributed by atoms with E-state index in [0.29, 0.717) is 18.1 Å². The maximum absolute atomic E-state index is 12.2. The fourth-order valence-electron chi connectivity index (χ4n) is 1.20. The summed E-state index contributed by atoms with van der Waals surface area (Å²) in [5, 5.41) is 11.9. The van der Waals surface area contributed by atoms with E-state index in [-0.39, 0.29) is 10.9 Å². The van der Waals surface area contributed by atoms with Crippen molar-refractivity contribution in [3.8, 4) is 5.75 Å². The number of alkyl halides is 3. The number of aromatic hydroxyl groups is 1. The van der Waals surface area contributed by atoms with E-state index in [9.17, 15) is 13.2 Å². The van der Waals surface area contributed by atoms with Crippen molar-refractivity contribution in [2.24, 2.45) is 0 Å². The van der Waals surface area contributed by atoms with Crippen molar-refractivity contribution in [3.63, 3.8) is 0 Å². The number of aromatic nitrogens is 2. The van der Waals surface area contributed by atoms with Crippen LogP contribution in [-0.4, -0.2) is 14.5 Å². The second-order valence-electron chi connectivity index (χ2n) is 3.44. The Balaban J connectivity index is 1.98. The highest BCUT2D eigenvalue weighted by molar-refractivity contribution is 7.09. The van der Waals surface area contributed by atoms with Crippen molar-refractivity contribution in [2.45, 2.75) is 12.7 Å². The van der Waals surface area contributed by atoms with Gasteiger partial charge >= 0.3 is 6.18 Å². The molecule has 1 heterocycles. The third kappa shape index (κ3) is 3.10. The van der Waals surface area contributed by atoms with Gasteiger partial charge in [0.2, 0.25) is 11.0 Å². The summed E-state index contributed by atoms with van der Waals surface area (Å²) in [6, 6.07) is 6.32. The minimum absolute atomic E-state index is 0.107. The number of rotatable bonds is 3. The topological polar surface area (TPSA) is 58.0 Å². The Morgan fingerprint density at radius 1 is 1.22 bits per heavy atom. The lowest BCUT2D eigenvalue weighted by Crippen LogP contribution is -2.07. The number of benzene rings is 1. The van der Waals surface area contributed by atoms with Crippen LogP contribution in [0.5, 0.6) is 5.75 Å². The molecule has 0 bridgehead atoms. The van der Waals surface area contributed by atoms with Crippen molar-refractivity contribution in [3.05, 3.63) is 35.7 Å². The zero-order valence-electron chi connectivity index (χ0n) is 8.90. The molecule has 2 aromatic rings. The van der Waals surface area contributed by atoms with E-state index < -0.39 is 12.0 Å². The number of phenols is 1. The maximum Gasteiger partial charge on any atom is 0.452 e. The normalized spacial score (nSPS) is 11.5. The minimum Gasteiger partial charge on any atom is -0.508 e. The predicted molar refractivity (Wildman–Crippen MR) is 60.3 cm³/mol. The lowest BCUT2D eigenvalue weighted by atomic mass is 10.2. The molecule has 0 fully saturated rings. The van der Waals surface area contributed by atoms with Crippen molar-refractivity contribution in [1.82, 2.24) is 9.36 Å². The van der Waals surface area contributed by atoms with Gasteiger partial charge in [-0.2, -0.15) is 22.5 Å². The van der Waals surface area contributed by atoms with Crippen molar-refractivity contribution >= 4 is 16.7 Å². The summed E-state index contributed by atoms with van der Waals surface area (Å²) in [4.78, 5) is 3.34. The maximum atomic E-state index is 12.2. The SMILES string of the molecule is Oc1ccc(CNc2nc(C(F)(F)F)ns2)cc1. The Morgan fingerprint density at radius 2 is 1.89 bits per heavy atom. The Hall–Kier alpha value is -1.83. The molecular formula is C10H8F3N3OS. The Kier molecular flexibility index (Phi) is 3.37. The van der Waals surface area contributed by atoms with Crippen LogP contribution >= 0.6 is 11.5 Å². The molecular weight excluding hydrogens is 267 g/mol. The highest BCUT2D eigenvalue weighted by Gasteiger charge is 2.36. The lowest BCUT2D eigenvalue weighted by molar-refractivity contribution is -0.144. The van der Waals surface area contributed by atoms with Gasteiger partial charge in [0.05, 0.1) is 0 Å². The smallest absolute Gasteiger partial charge is 0.452 e. The molecule has 18 heavy (non-hydrogen) atoms. The zero-order valence-corrected chi connectivity index (χ0v) is 9.72. The molecule has 0 aliphatic rings. The lowest BCUT2D eigenvalue weighted by Gasteiger charge is -2.02. The number of hydrogen-bond donors (Lipinski definition) is 2.